The highest BCUT2D eigenvalue weighted by Gasteiger charge is 2.01. The number of H-pyrrole nitrogens is 2. The topological polar surface area (TPSA) is 70.2 Å². The molecule has 0 saturated heterocycles. The summed E-state index contributed by atoms with van der Waals surface area (Å²) in [5.41, 5.74) is 8.92. The molecule has 0 amide bonds. The highest BCUT2D eigenvalue weighted by atomic mass is 24.3. The van der Waals surface area contributed by atoms with Gasteiger partial charge in [-0.15, -0.1) is 0 Å². The number of pyridine rings is 1. The first kappa shape index (κ1) is 22.8. The fourth-order valence-electron chi connectivity index (χ4n) is 3.96. The van der Waals surface area contributed by atoms with E-state index in [1.54, 1.807) is 0 Å². The van der Waals surface area contributed by atoms with Crippen LogP contribution in [-0.4, -0.2) is 48.0 Å². The molecule has 0 unspecified atom stereocenters. The third kappa shape index (κ3) is 5.40. The molecule has 166 valence electrons. The lowest BCUT2D eigenvalue weighted by molar-refractivity contribution is 1.31. The number of nitrogens with zero attached hydrogens (tertiary/aromatic N) is 3. The van der Waals surface area contributed by atoms with Gasteiger partial charge in [0.25, 0.3) is 0 Å². The Morgan fingerprint density at radius 2 is 0.914 bits per heavy atom. The number of benzene rings is 1. The molecule has 5 aromatic rings. The Labute approximate surface area is 218 Å². The lowest BCUT2D eigenvalue weighted by Crippen LogP contribution is -1.75. The van der Waals surface area contributed by atoms with Gasteiger partial charge in [0.05, 0.1) is 28.3 Å². The highest BCUT2D eigenvalue weighted by molar-refractivity contribution is 5.78. The lowest BCUT2D eigenvalue weighted by atomic mass is 10.2. The summed E-state index contributed by atoms with van der Waals surface area (Å²) < 4.78 is 0. The Morgan fingerprint density at radius 3 is 1.37 bits per heavy atom. The van der Waals surface area contributed by atoms with E-state index >= 15 is 0 Å². The molecule has 0 spiro atoms. The first-order valence-electron chi connectivity index (χ1n) is 11.1. The summed E-state index contributed by atoms with van der Waals surface area (Å²) in [6, 6.07) is 28.4. The monoisotopic (exact) mass is 465 g/mol. The summed E-state index contributed by atoms with van der Waals surface area (Å²) in [6.07, 6.45) is 9.90. The minimum Gasteiger partial charge on any atom is -0.355 e. The fourth-order valence-corrected chi connectivity index (χ4v) is 3.96. The fraction of sp³-hybridized carbons (Fsp3) is 0. The number of para-hydroxylation sites is 1. The Morgan fingerprint density at radius 1 is 0.486 bits per heavy atom. The normalized spacial score (nSPS) is 11.5. The van der Waals surface area contributed by atoms with E-state index in [1.807, 2.05) is 79.0 Å². The average Bonchev–Trinajstić information content (AvgIpc) is 3.66. The molecule has 5 nitrogen and oxygen atoms in total. The molecule has 2 aliphatic rings. The molecule has 6 heteroatoms. The third-order valence-corrected chi connectivity index (χ3v) is 5.55. The Kier molecular flexibility index (Phi) is 6.56. The van der Waals surface area contributed by atoms with Gasteiger partial charge in [-0.05, 0) is 85.0 Å². The minimum absolute atomic E-state index is 0. The molecule has 7 rings (SSSR count). The SMILES string of the molecule is C1=Cc2cc3ccc(cc4nc(cc5ccc(cc1n2)[nH]5)C=C4)[nH]3.[MgH2].c1ccc2ncccc2c1. The molecule has 0 aliphatic carbocycles. The van der Waals surface area contributed by atoms with Crippen LogP contribution in [0.4, 0.5) is 0 Å². The van der Waals surface area contributed by atoms with Crippen LogP contribution >= 0.6 is 0 Å². The number of hydrogen-bond acceptors (Lipinski definition) is 3. The van der Waals surface area contributed by atoms with E-state index in [-0.39, 0.29) is 23.1 Å². The van der Waals surface area contributed by atoms with E-state index in [9.17, 15) is 0 Å². The van der Waals surface area contributed by atoms with E-state index in [4.69, 9.17) is 0 Å². The van der Waals surface area contributed by atoms with Gasteiger partial charge in [0.1, 0.15) is 0 Å². The van der Waals surface area contributed by atoms with Crippen LogP contribution in [0.5, 0.6) is 0 Å². The van der Waals surface area contributed by atoms with Gasteiger partial charge in [-0.3, -0.25) is 4.98 Å². The smallest absolute Gasteiger partial charge is 0.316 e. The van der Waals surface area contributed by atoms with Crippen LogP contribution in [-0.2, 0) is 0 Å². The molecule has 8 bridgehead atoms. The predicted octanol–water partition coefficient (Wildman–Crippen LogP) is 5.97. The van der Waals surface area contributed by atoms with Crippen LogP contribution in [0, 0.1) is 0 Å². The number of rotatable bonds is 0. The molecule has 35 heavy (non-hydrogen) atoms. The van der Waals surface area contributed by atoms with Crippen LogP contribution in [0.1, 0.15) is 22.8 Å². The van der Waals surface area contributed by atoms with Crippen molar-refractivity contribution in [2.75, 3.05) is 0 Å². The van der Waals surface area contributed by atoms with Gasteiger partial charge in [-0.1, -0.05) is 24.3 Å². The predicted molar refractivity (Wildman–Crippen MR) is 149 cm³/mol. The van der Waals surface area contributed by atoms with Crippen LogP contribution in [0.25, 0.3) is 57.3 Å². The first-order chi connectivity index (χ1) is 16.8. The maximum Gasteiger partial charge on any atom is 0.316 e. The van der Waals surface area contributed by atoms with Crippen molar-refractivity contribution in [3.8, 4) is 0 Å². The van der Waals surface area contributed by atoms with Crippen molar-refractivity contribution < 1.29 is 0 Å². The summed E-state index contributed by atoms with van der Waals surface area (Å²) in [5, 5.41) is 1.20. The second kappa shape index (κ2) is 10.1. The number of hydrogen-bond donors (Lipinski definition) is 2. The number of nitrogens with one attached hydrogen (secondary N) is 2. The van der Waals surface area contributed by atoms with Crippen LogP contribution < -0.4 is 0 Å². The molecule has 0 radical (unpaired) electrons. The van der Waals surface area contributed by atoms with Crippen LogP contribution in [0.3, 0.4) is 0 Å². The summed E-state index contributed by atoms with van der Waals surface area (Å²) >= 11 is 0. The number of fused-ring (bicyclic) bond motifs is 9. The Bertz CT molecular complexity index is 1490. The van der Waals surface area contributed by atoms with Crippen LogP contribution in [0.2, 0.25) is 0 Å². The Balaban J connectivity index is 0.000000194. The van der Waals surface area contributed by atoms with Crippen molar-refractivity contribution in [1.82, 2.24) is 24.9 Å². The molecule has 2 N–H and O–H groups in total. The molecule has 6 heterocycles. The van der Waals surface area contributed by atoms with Gasteiger partial charge in [-0.2, -0.15) is 0 Å². The van der Waals surface area contributed by atoms with Gasteiger partial charge in [0, 0.05) is 33.6 Å². The van der Waals surface area contributed by atoms with Crippen molar-refractivity contribution >= 4 is 80.3 Å². The molecular weight excluding hydrogens is 443 g/mol. The summed E-state index contributed by atoms with van der Waals surface area (Å²) in [4.78, 5) is 20.2. The molecule has 2 aliphatic heterocycles. The molecule has 0 atom stereocenters. The van der Waals surface area contributed by atoms with Crippen molar-refractivity contribution in [3.05, 3.63) is 114 Å². The van der Waals surface area contributed by atoms with Crippen molar-refractivity contribution in [2.45, 2.75) is 0 Å². The van der Waals surface area contributed by atoms with E-state index in [0.29, 0.717) is 0 Å². The van der Waals surface area contributed by atoms with E-state index in [1.165, 1.54) is 5.39 Å². The lowest BCUT2D eigenvalue weighted by Gasteiger charge is -1.91. The average molecular weight is 466 g/mol. The Hall–Kier alpha value is -4.00. The third-order valence-electron chi connectivity index (χ3n) is 5.55. The van der Waals surface area contributed by atoms with Crippen LogP contribution in [0.15, 0.2) is 91.1 Å². The van der Waals surface area contributed by atoms with Crippen molar-refractivity contribution in [1.29, 1.82) is 0 Å². The largest absolute Gasteiger partial charge is 0.355 e. The summed E-state index contributed by atoms with van der Waals surface area (Å²) in [7, 11) is 0. The van der Waals surface area contributed by atoms with E-state index in [2.05, 4.69) is 61.3 Å². The summed E-state index contributed by atoms with van der Waals surface area (Å²) in [6.45, 7) is 0. The highest BCUT2D eigenvalue weighted by Crippen LogP contribution is 2.17. The second-order valence-electron chi connectivity index (χ2n) is 8.10. The van der Waals surface area contributed by atoms with E-state index in [0.717, 1.165) is 50.4 Å². The molecule has 0 saturated carbocycles. The first-order valence-corrected chi connectivity index (χ1v) is 11.1. The maximum atomic E-state index is 4.63. The van der Waals surface area contributed by atoms with Gasteiger partial charge < -0.3 is 9.97 Å². The summed E-state index contributed by atoms with van der Waals surface area (Å²) in [5.74, 6) is 0. The van der Waals surface area contributed by atoms with E-state index < -0.39 is 0 Å². The van der Waals surface area contributed by atoms with Gasteiger partial charge in [0.15, 0.2) is 0 Å². The zero-order chi connectivity index (χ0) is 22.7. The zero-order valence-electron chi connectivity index (χ0n) is 18.3. The molecular formula is C29H23MgN5. The van der Waals surface area contributed by atoms with Crippen molar-refractivity contribution in [2.24, 2.45) is 0 Å². The number of aromatic amines is 2. The van der Waals surface area contributed by atoms with Gasteiger partial charge in [-0.25, -0.2) is 9.97 Å². The maximum absolute atomic E-state index is 4.63. The molecule has 4 aromatic heterocycles. The van der Waals surface area contributed by atoms with Crippen molar-refractivity contribution in [3.63, 3.8) is 0 Å². The number of aromatic nitrogens is 5. The second-order valence-corrected chi connectivity index (χ2v) is 8.10. The zero-order valence-corrected chi connectivity index (χ0v) is 18.3. The van der Waals surface area contributed by atoms with Gasteiger partial charge >= 0.3 is 23.1 Å². The minimum atomic E-state index is 0. The molecule has 1 aromatic carbocycles. The van der Waals surface area contributed by atoms with Gasteiger partial charge in [0.2, 0.25) is 0 Å². The molecule has 0 fully saturated rings. The quantitative estimate of drug-likeness (QED) is 0.271. The standard InChI is InChI=1S/C20H14N4.C9H7N.Mg.2H/c1-2-14-10-16-5-6-18(23-16)12-20-8-7-19(24-20)11-17-4-3-15(22-17)9-13(1)21-14;1-2-6-9-8(4-1)5-3-7-10-9;;;/h1-12,21,24H;1-7H;;;.